The average Bonchev–Trinajstić information content (AvgIpc) is 3.27. The Balaban J connectivity index is 1.64. The number of benzene rings is 1. The van der Waals surface area contributed by atoms with Crippen LogP contribution in [0.3, 0.4) is 0 Å². The Morgan fingerprint density at radius 1 is 1.22 bits per heavy atom. The van der Waals surface area contributed by atoms with Gasteiger partial charge in [0.1, 0.15) is 5.75 Å². The van der Waals surface area contributed by atoms with Crippen LogP contribution in [-0.4, -0.2) is 21.9 Å². The summed E-state index contributed by atoms with van der Waals surface area (Å²) in [6, 6.07) is 11.8. The number of nitro benzene ring substituents is 1. The molecule has 6 nitrogen and oxygen atoms in total. The van der Waals surface area contributed by atoms with Gasteiger partial charge in [-0.1, -0.05) is 6.07 Å². The molecule has 7 heteroatoms. The van der Waals surface area contributed by atoms with Crippen molar-refractivity contribution < 1.29 is 14.5 Å². The van der Waals surface area contributed by atoms with Gasteiger partial charge in [0.2, 0.25) is 5.78 Å². The Morgan fingerprint density at radius 3 is 2.59 bits per heavy atom. The molecule has 0 saturated carbocycles. The molecule has 0 aliphatic carbocycles. The molecule has 2 aromatic heterocycles. The van der Waals surface area contributed by atoms with Gasteiger partial charge >= 0.3 is 0 Å². The number of rotatable bonds is 8. The highest BCUT2D eigenvalue weighted by atomic mass is 32.1. The first-order chi connectivity index (χ1) is 13.0. The van der Waals surface area contributed by atoms with Crippen molar-refractivity contribution in [1.29, 1.82) is 0 Å². The molecule has 3 aromatic rings. The van der Waals surface area contributed by atoms with Gasteiger partial charge in [-0.15, -0.1) is 11.3 Å². The molecule has 0 bridgehead atoms. The monoisotopic (exact) mass is 384 g/mol. The van der Waals surface area contributed by atoms with E-state index in [2.05, 4.69) is 16.0 Å². The van der Waals surface area contributed by atoms with E-state index in [-0.39, 0.29) is 18.1 Å². The van der Waals surface area contributed by atoms with Gasteiger partial charge in [-0.2, -0.15) is 0 Å². The van der Waals surface area contributed by atoms with Crippen molar-refractivity contribution >= 4 is 22.8 Å². The molecule has 3 rings (SSSR count). The molecular formula is C20H20N2O4S. The largest absolute Gasteiger partial charge is 0.485 e. The van der Waals surface area contributed by atoms with E-state index in [0.29, 0.717) is 11.3 Å². The van der Waals surface area contributed by atoms with Gasteiger partial charge in [-0.25, -0.2) is 0 Å². The van der Waals surface area contributed by atoms with Gasteiger partial charge in [0.15, 0.2) is 6.61 Å². The molecule has 0 aliphatic rings. The molecule has 2 heterocycles. The van der Waals surface area contributed by atoms with Gasteiger partial charge in [-0.05, 0) is 49.9 Å². The molecule has 0 aliphatic heterocycles. The lowest BCUT2D eigenvalue weighted by atomic mass is 10.1. The van der Waals surface area contributed by atoms with Crippen LogP contribution in [0.15, 0.2) is 47.8 Å². The first kappa shape index (κ1) is 18.8. The van der Waals surface area contributed by atoms with Crippen LogP contribution in [0.25, 0.3) is 0 Å². The summed E-state index contributed by atoms with van der Waals surface area (Å²) in [6.45, 7) is 4.66. The van der Waals surface area contributed by atoms with Gasteiger partial charge in [0.05, 0.1) is 4.92 Å². The number of ether oxygens (including phenoxy) is 1. The highest BCUT2D eigenvalue weighted by molar-refractivity contribution is 7.09. The van der Waals surface area contributed by atoms with Crippen LogP contribution in [0.2, 0.25) is 0 Å². The molecular weight excluding hydrogens is 364 g/mol. The number of aryl methyl sites for hydroxylation is 2. The van der Waals surface area contributed by atoms with Crippen molar-refractivity contribution in [2.24, 2.45) is 0 Å². The fraction of sp³-hybridized carbons (Fsp3) is 0.250. The molecule has 0 unspecified atom stereocenters. The third-order valence-corrected chi connectivity index (χ3v) is 5.39. The Labute approximate surface area is 161 Å². The van der Waals surface area contributed by atoms with E-state index in [0.717, 1.165) is 24.4 Å². The molecule has 0 saturated heterocycles. The minimum Gasteiger partial charge on any atom is -0.485 e. The van der Waals surface area contributed by atoms with Crippen molar-refractivity contribution in [2.75, 3.05) is 6.61 Å². The number of nitrogens with zero attached hydrogens (tertiary/aromatic N) is 2. The Bertz CT molecular complexity index is 943. The van der Waals surface area contributed by atoms with E-state index in [1.807, 2.05) is 26.0 Å². The normalized spacial score (nSPS) is 10.7. The predicted molar refractivity (Wildman–Crippen MR) is 105 cm³/mol. The van der Waals surface area contributed by atoms with E-state index in [4.69, 9.17) is 4.74 Å². The maximum absolute atomic E-state index is 12.6. The zero-order valence-electron chi connectivity index (χ0n) is 15.2. The van der Waals surface area contributed by atoms with E-state index in [9.17, 15) is 14.9 Å². The van der Waals surface area contributed by atoms with E-state index in [1.165, 1.54) is 29.1 Å². The summed E-state index contributed by atoms with van der Waals surface area (Å²) in [4.78, 5) is 24.1. The summed E-state index contributed by atoms with van der Waals surface area (Å²) >= 11 is 1.73. The van der Waals surface area contributed by atoms with Crippen molar-refractivity contribution in [3.8, 4) is 5.75 Å². The average molecular weight is 384 g/mol. The topological polar surface area (TPSA) is 74.4 Å². The number of hydrogen-bond acceptors (Lipinski definition) is 5. The molecule has 0 fully saturated rings. The summed E-state index contributed by atoms with van der Waals surface area (Å²) < 4.78 is 7.65. The molecule has 27 heavy (non-hydrogen) atoms. The van der Waals surface area contributed by atoms with Crippen molar-refractivity contribution in [3.63, 3.8) is 0 Å². The lowest BCUT2D eigenvalue weighted by Gasteiger charge is -2.09. The minimum atomic E-state index is -0.472. The van der Waals surface area contributed by atoms with Crippen molar-refractivity contribution in [2.45, 2.75) is 26.8 Å². The Hall–Kier alpha value is -2.93. The molecule has 0 N–H and O–H groups in total. The number of carbonyl (C=O) groups excluding carboxylic acids is 1. The van der Waals surface area contributed by atoms with E-state index < -0.39 is 4.92 Å². The molecule has 0 radical (unpaired) electrons. The number of ketones is 1. The quantitative estimate of drug-likeness (QED) is 0.324. The van der Waals surface area contributed by atoms with Crippen LogP contribution >= 0.6 is 11.3 Å². The number of thiophene rings is 1. The van der Waals surface area contributed by atoms with E-state index >= 15 is 0 Å². The number of non-ortho nitro benzene ring substituents is 1. The maximum Gasteiger partial charge on any atom is 0.269 e. The highest BCUT2D eigenvalue weighted by Crippen LogP contribution is 2.20. The summed E-state index contributed by atoms with van der Waals surface area (Å²) in [6.07, 6.45) is 0.932. The molecule has 1 aromatic carbocycles. The number of carbonyl (C=O) groups is 1. The summed E-state index contributed by atoms with van der Waals surface area (Å²) in [7, 11) is 0. The second-order valence-electron chi connectivity index (χ2n) is 6.23. The molecule has 0 atom stereocenters. The SMILES string of the molecule is Cc1cc(C(=O)COc2ccc([N+](=O)[O-])cc2)c(C)n1CCc1cccs1. The van der Waals surface area contributed by atoms with E-state index in [1.54, 1.807) is 11.3 Å². The number of aromatic nitrogens is 1. The number of Topliss-reactive ketones (excluding diaryl/α,β-unsaturated/α-hetero) is 1. The lowest BCUT2D eigenvalue weighted by Crippen LogP contribution is -2.13. The molecule has 0 spiro atoms. The van der Waals surface area contributed by atoms with Crippen LogP contribution in [0, 0.1) is 24.0 Å². The Kier molecular flexibility index (Phi) is 5.71. The lowest BCUT2D eigenvalue weighted by molar-refractivity contribution is -0.384. The number of nitro groups is 1. The van der Waals surface area contributed by atoms with Crippen LogP contribution in [0.5, 0.6) is 5.75 Å². The highest BCUT2D eigenvalue weighted by Gasteiger charge is 2.16. The summed E-state index contributed by atoms with van der Waals surface area (Å²) in [5, 5.41) is 12.7. The van der Waals surface area contributed by atoms with Crippen LogP contribution < -0.4 is 4.74 Å². The van der Waals surface area contributed by atoms with Crippen molar-refractivity contribution in [3.05, 3.63) is 79.8 Å². The second-order valence-corrected chi connectivity index (χ2v) is 7.26. The summed E-state index contributed by atoms with van der Waals surface area (Å²) in [5.41, 5.74) is 2.62. The molecule has 140 valence electrons. The first-order valence-corrected chi connectivity index (χ1v) is 9.43. The van der Waals surface area contributed by atoms with Gasteiger partial charge in [0.25, 0.3) is 5.69 Å². The number of hydrogen-bond donors (Lipinski definition) is 0. The van der Waals surface area contributed by atoms with Gasteiger partial charge < -0.3 is 9.30 Å². The zero-order valence-corrected chi connectivity index (χ0v) is 16.0. The maximum atomic E-state index is 12.6. The molecule has 0 amide bonds. The van der Waals surface area contributed by atoms with Crippen molar-refractivity contribution in [1.82, 2.24) is 4.57 Å². The third-order valence-electron chi connectivity index (χ3n) is 4.45. The smallest absolute Gasteiger partial charge is 0.269 e. The van der Waals surface area contributed by atoms with Crippen LogP contribution in [-0.2, 0) is 13.0 Å². The minimum absolute atomic E-state index is 0.0111. The Morgan fingerprint density at radius 2 is 1.96 bits per heavy atom. The standard InChI is InChI=1S/C20H20N2O4S/c1-14-12-19(15(2)21(14)10-9-18-4-3-11-27-18)20(23)13-26-17-7-5-16(6-8-17)22(24)25/h3-8,11-12H,9-10,13H2,1-2H3. The fourth-order valence-corrected chi connectivity index (χ4v) is 3.69. The fourth-order valence-electron chi connectivity index (χ4n) is 3.00. The van der Waals surface area contributed by atoms with Gasteiger partial charge in [0, 0.05) is 40.5 Å². The van der Waals surface area contributed by atoms with Crippen LogP contribution in [0.4, 0.5) is 5.69 Å². The summed E-state index contributed by atoms with van der Waals surface area (Å²) in [5.74, 6) is 0.323. The van der Waals surface area contributed by atoms with Crippen LogP contribution in [0.1, 0.15) is 26.6 Å². The zero-order chi connectivity index (χ0) is 19.4. The van der Waals surface area contributed by atoms with Gasteiger partial charge in [-0.3, -0.25) is 14.9 Å². The first-order valence-electron chi connectivity index (χ1n) is 8.55. The predicted octanol–water partition coefficient (Wildman–Crippen LogP) is 4.58. The third kappa shape index (κ3) is 4.43. The second kappa shape index (κ2) is 8.18.